The highest BCUT2D eigenvalue weighted by Gasteiger charge is 2.16. The average Bonchev–Trinajstić information content (AvgIpc) is 2.80. The number of anilines is 1. The van der Waals surface area contributed by atoms with Crippen molar-refractivity contribution in [1.82, 2.24) is 10.9 Å². The first kappa shape index (κ1) is 10.5. The Balaban J connectivity index is 1.97. The summed E-state index contributed by atoms with van der Waals surface area (Å²) in [5.41, 5.74) is 7.79. The summed E-state index contributed by atoms with van der Waals surface area (Å²) in [6.07, 6.45) is 1.21. The van der Waals surface area contributed by atoms with Crippen LogP contribution in [-0.2, 0) is 0 Å². The first-order valence-electron chi connectivity index (χ1n) is 5.68. The minimum absolute atomic E-state index is 0.574. The molecule has 2 N–H and O–H groups in total. The molecule has 0 saturated carbocycles. The Kier molecular flexibility index (Phi) is 3.59. The normalized spacial score (nSPS) is 20.5. The Morgan fingerprint density at radius 3 is 2.73 bits per heavy atom. The second-order valence-electron chi connectivity index (χ2n) is 3.93. The van der Waals surface area contributed by atoms with E-state index in [1.165, 1.54) is 12.1 Å². The van der Waals surface area contributed by atoms with Gasteiger partial charge in [-0.25, -0.2) is 0 Å². The zero-order valence-corrected chi connectivity index (χ0v) is 9.24. The van der Waals surface area contributed by atoms with Crippen LogP contribution in [0.4, 0.5) is 5.69 Å². The molecule has 1 saturated heterocycles. The fourth-order valence-corrected chi connectivity index (χ4v) is 1.99. The van der Waals surface area contributed by atoms with E-state index in [1.54, 1.807) is 0 Å². The van der Waals surface area contributed by atoms with Crippen molar-refractivity contribution in [3.8, 4) is 0 Å². The molecule has 0 spiro atoms. The molecule has 0 aromatic heterocycles. The van der Waals surface area contributed by atoms with Crippen LogP contribution in [0.25, 0.3) is 0 Å². The molecule has 2 rings (SSSR count). The van der Waals surface area contributed by atoms with Gasteiger partial charge in [0.15, 0.2) is 0 Å². The molecule has 0 radical (unpaired) electrons. The van der Waals surface area contributed by atoms with Crippen molar-refractivity contribution < 1.29 is 0 Å². The van der Waals surface area contributed by atoms with Crippen LogP contribution in [0.1, 0.15) is 13.3 Å². The SMILES string of the molecule is CCN(CC1CCNN1)c1ccccc1. The number of benzene rings is 1. The van der Waals surface area contributed by atoms with Crippen LogP contribution in [0, 0.1) is 0 Å². The fourth-order valence-electron chi connectivity index (χ4n) is 1.99. The zero-order chi connectivity index (χ0) is 10.5. The van der Waals surface area contributed by atoms with E-state index in [2.05, 4.69) is 53.0 Å². The van der Waals surface area contributed by atoms with E-state index in [4.69, 9.17) is 0 Å². The van der Waals surface area contributed by atoms with Crippen molar-refractivity contribution >= 4 is 5.69 Å². The van der Waals surface area contributed by atoms with E-state index < -0.39 is 0 Å². The Morgan fingerprint density at radius 1 is 1.33 bits per heavy atom. The van der Waals surface area contributed by atoms with Gasteiger partial charge in [-0.2, -0.15) is 0 Å². The Morgan fingerprint density at radius 2 is 2.13 bits per heavy atom. The van der Waals surface area contributed by atoms with Crippen molar-refractivity contribution in [2.24, 2.45) is 0 Å². The van der Waals surface area contributed by atoms with E-state index >= 15 is 0 Å². The minimum atomic E-state index is 0.574. The van der Waals surface area contributed by atoms with Crippen LogP contribution in [0.15, 0.2) is 30.3 Å². The van der Waals surface area contributed by atoms with E-state index in [9.17, 15) is 0 Å². The van der Waals surface area contributed by atoms with Gasteiger partial charge in [0.2, 0.25) is 0 Å². The van der Waals surface area contributed by atoms with Gasteiger partial charge in [-0.1, -0.05) is 18.2 Å². The van der Waals surface area contributed by atoms with Crippen molar-refractivity contribution in [1.29, 1.82) is 0 Å². The second-order valence-corrected chi connectivity index (χ2v) is 3.93. The summed E-state index contributed by atoms with van der Waals surface area (Å²) in [5, 5.41) is 0. The van der Waals surface area contributed by atoms with E-state index in [0.29, 0.717) is 6.04 Å². The van der Waals surface area contributed by atoms with Gasteiger partial charge < -0.3 is 4.90 Å². The Hall–Kier alpha value is -1.06. The first-order chi connectivity index (χ1) is 7.40. The van der Waals surface area contributed by atoms with Crippen LogP contribution < -0.4 is 15.8 Å². The Bertz CT molecular complexity index is 280. The van der Waals surface area contributed by atoms with Crippen LogP contribution in [0.2, 0.25) is 0 Å². The number of nitrogens with one attached hydrogen (secondary N) is 2. The monoisotopic (exact) mass is 205 g/mol. The lowest BCUT2D eigenvalue weighted by Gasteiger charge is -2.26. The van der Waals surface area contributed by atoms with E-state index in [-0.39, 0.29) is 0 Å². The molecule has 1 aromatic rings. The molecule has 0 aliphatic carbocycles. The summed E-state index contributed by atoms with van der Waals surface area (Å²) in [6, 6.07) is 11.2. The van der Waals surface area contributed by atoms with Crippen LogP contribution >= 0.6 is 0 Å². The third-order valence-corrected chi connectivity index (χ3v) is 2.87. The maximum absolute atomic E-state index is 3.30. The highest BCUT2D eigenvalue weighted by atomic mass is 15.4. The third kappa shape index (κ3) is 2.70. The lowest BCUT2D eigenvalue weighted by atomic mass is 10.2. The van der Waals surface area contributed by atoms with Crippen LogP contribution in [0.5, 0.6) is 0 Å². The number of hydrogen-bond donors (Lipinski definition) is 2. The van der Waals surface area contributed by atoms with Crippen molar-refractivity contribution in [3.05, 3.63) is 30.3 Å². The van der Waals surface area contributed by atoms with Crippen molar-refractivity contribution in [2.75, 3.05) is 24.5 Å². The molecule has 1 fully saturated rings. The summed E-state index contributed by atoms with van der Waals surface area (Å²) < 4.78 is 0. The highest BCUT2D eigenvalue weighted by Crippen LogP contribution is 2.14. The molecule has 3 heteroatoms. The largest absolute Gasteiger partial charge is 0.370 e. The molecule has 1 heterocycles. The molecule has 1 aromatic carbocycles. The molecule has 3 nitrogen and oxygen atoms in total. The van der Waals surface area contributed by atoms with E-state index in [1.807, 2.05) is 0 Å². The van der Waals surface area contributed by atoms with Crippen LogP contribution in [-0.4, -0.2) is 25.7 Å². The third-order valence-electron chi connectivity index (χ3n) is 2.87. The van der Waals surface area contributed by atoms with Gasteiger partial charge in [0.05, 0.1) is 0 Å². The smallest absolute Gasteiger partial charge is 0.0400 e. The van der Waals surface area contributed by atoms with Gasteiger partial charge in [0, 0.05) is 31.4 Å². The minimum Gasteiger partial charge on any atom is -0.370 e. The highest BCUT2D eigenvalue weighted by molar-refractivity contribution is 5.45. The number of para-hydroxylation sites is 1. The number of hydrazine groups is 1. The van der Waals surface area contributed by atoms with Crippen molar-refractivity contribution in [3.63, 3.8) is 0 Å². The van der Waals surface area contributed by atoms with Gasteiger partial charge in [-0.05, 0) is 25.5 Å². The van der Waals surface area contributed by atoms with Gasteiger partial charge in [-0.15, -0.1) is 0 Å². The number of hydrogen-bond acceptors (Lipinski definition) is 3. The molecule has 1 atom stereocenters. The van der Waals surface area contributed by atoms with Gasteiger partial charge in [0.1, 0.15) is 0 Å². The zero-order valence-electron chi connectivity index (χ0n) is 9.24. The predicted octanol–water partition coefficient (Wildman–Crippen LogP) is 1.38. The molecular weight excluding hydrogens is 186 g/mol. The lowest BCUT2D eigenvalue weighted by Crippen LogP contribution is -2.40. The number of rotatable bonds is 4. The molecule has 1 unspecified atom stereocenters. The average molecular weight is 205 g/mol. The molecule has 15 heavy (non-hydrogen) atoms. The van der Waals surface area contributed by atoms with Gasteiger partial charge in [0.25, 0.3) is 0 Å². The number of likely N-dealkylation sites (N-methyl/N-ethyl adjacent to an activating group) is 1. The Labute approximate surface area is 91.4 Å². The standard InChI is InChI=1S/C12H19N3/c1-2-15(10-11-8-9-13-14-11)12-6-4-3-5-7-12/h3-7,11,13-14H,2,8-10H2,1H3. The molecule has 0 amide bonds. The number of nitrogens with zero attached hydrogens (tertiary/aromatic N) is 1. The van der Waals surface area contributed by atoms with Gasteiger partial charge in [-0.3, -0.25) is 10.9 Å². The molecule has 0 bridgehead atoms. The molecule has 1 aliphatic rings. The lowest BCUT2D eigenvalue weighted by molar-refractivity contribution is 0.545. The van der Waals surface area contributed by atoms with Crippen molar-refractivity contribution in [2.45, 2.75) is 19.4 Å². The predicted molar refractivity (Wildman–Crippen MR) is 63.9 cm³/mol. The fraction of sp³-hybridized carbons (Fsp3) is 0.500. The summed E-state index contributed by atoms with van der Waals surface area (Å²) >= 11 is 0. The van der Waals surface area contributed by atoms with Crippen LogP contribution in [0.3, 0.4) is 0 Å². The quantitative estimate of drug-likeness (QED) is 0.777. The molecule has 1 aliphatic heterocycles. The summed E-state index contributed by atoms with van der Waals surface area (Å²) in [7, 11) is 0. The topological polar surface area (TPSA) is 27.3 Å². The second kappa shape index (κ2) is 5.14. The first-order valence-corrected chi connectivity index (χ1v) is 5.68. The molecule has 82 valence electrons. The summed E-state index contributed by atoms with van der Waals surface area (Å²) in [5.74, 6) is 0. The maximum atomic E-state index is 3.30. The van der Waals surface area contributed by atoms with E-state index in [0.717, 1.165) is 19.6 Å². The molecular formula is C12H19N3. The van der Waals surface area contributed by atoms with Gasteiger partial charge >= 0.3 is 0 Å². The summed E-state index contributed by atoms with van der Waals surface area (Å²) in [4.78, 5) is 2.41. The summed E-state index contributed by atoms with van der Waals surface area (Å²) in [6.45, 7) is 5.42. The maximum Gasteiger partial charge on any atom is 0.0400 e.